The van der Waals surface area contributed by atoms with Gasteiger partial charge in [-0.05, 0) is 20.3 Å². The van der Waals surface area contributed by atoms with Crippen LogP contribution >= 0.6 is 0 Å². The van der Waals surface area contributed by atoms with Crippen LogP contribution in [-0.4, -0.2) is 75.9 Å². The fourth-order valence-corrected chi connectivity index (χ4v) is 5.59. The predicted molar refractivity (Wildman–Crippen MR) is 132 cm³/mol. The van der Waals surface area contributed by atoms with Gasteiger partial charge >= 0.3 is 137 Å². The third-order valence-corrected chi connectivity index (χ3v) is 6.77. The molecule has 184 valence electrons. The van der Waals surface area contributed by atoms with Gasteiger partial charge in [0.25, 0.3) is 0 Å². The number of hydrogen-bond donors (Lipinski definition) is 3. The Morgan fingerprint density at radius 2 is 1.39 bits per heavy atom. The first kappa shape index (κ1) is 34.9. The molecular formula is C23H44O6Se2. The van der Waals surface area contributed by atoms with E-state index in [4.69, 9.17) is 29.5 Å². The van der Waals surface area contributed by atoms with Gasteiger partial charge in [0.15, 0.2) is 0 Å². The van der Waals surface area contributed by atoms with E-state index in [1.807, 2.05) is 9.88 Å². The molecule has 0 spiro atoms. The molecule has 4 unspecified atom stereocenters. The van der Waals surface area contributed by atoms with Crippen LogP contribution < -0.4 is 14.2 Å². The molecule has 0 saturated carbocycles. The SMILES string of the molecule is C.C.C.CC(O)CC(C)O.CC1CC(C)Oc2c[se]cc2O1.COc1c[se]cc1CO. The van der Waals surface area contributed by atoms with Gasteiger partial charge in [-0.15, -0.1) is 0 Å². The van der Waals surface area contributed by atoms with Crippen LogP contribution in [0.25, 0.3) is 0 Å². The van der Waals surface area contributed by atoms with Crippen LogP contribution in [0.3, 0.4) is 0 Å². The summed E-state index contributed by atoms with van der Waals surface area (Å²) in [5.74, 6) is 2.77. The average Bonchev–Trinajstić information content (AvgIpc) is 3.21. The van der Waals surface area contributed by atoms with E-state index in [2.05, 4.69) is 23.7 Å². The molecule has 4 atom stereocenters. The van der Waals surface area contributed by atoms with Gasteiger partial charge in [0, 0.05) is 0 Å². The van der Waals surface area contributed by atoms with E-state index in [-0.39, 0.29) is 53.3 Å². The predicted octanol–water partition coefficient (Wildman–Crippen LogP) is 3.97. The molecule has 0 aromatic carbocycles. The number of ether oxygens (including phenoxy) is 3. The second kappa shape index (κ2) is 18.8. The summed E-state index contributed by atoms with van der Waals surface area (Å²) in [4.78, 5) is 8.30. The summed E-state index contributed by atoms with van der Waals surface area (Å²) in [5.41, 5.74) is 0.928. The van der Waals surface area contributed by atoms with E-state index in [1.54, 1.807) is 21.0 Å². The van der Waals surface area contributed by atoms with Gasteiger partial charge in [-0.25, -0.2) is 0 Å². The Labute approximate surface area is 201 Å². The minimum atomic E-state index is -0.375. The molecule has 2 aromatic rings. The number of aliphatic hydroxyl groups excluding tert-OH is 3. The monoisotopic (exact) mass is 576 g/mol. The standard InChI is InChI=1S/C9H12O2Se.C6H8O2Se.C5H12O2.3CH4/c1-6-3-7(2)11-9-5-12-4-8(9)10-6;1-8-6-4-9-3-5(6)2-7;1-4(6)3-5(2)7;;;/h4-7H,3H2,1-2H3;3-4,7H,2H2,1H3;4-7H,3H2,1-2H3;3*1H4. The Kier molecular flexibility index (Phi) is 21.2. The summed E-state index contributed by atoms with van der Waals surface area (Å²) in [6, 6.07) is 0. The second-order valence-corrected chi connectivity index (χ2v) is 9.87. The molecule has 1 aliphatic rings. The molecule has 2 aromatic heterocycles. The molecule has 3 rings (SSSR count). The van der Waals surface area contributed by atoms with Crippen LogP contribution in [-0.2, 0) is 6.61 Å². The van der Waals surface area contributed by atoms with Crippen LogP contribution in [0.2, 0.25) is 0 Å². The van der Waals surface area contributed by atoms with E-state index in [0.29, 0.717) is 35.4 Å². The summed E-state index contributed by atoms with van der Waals surface area (Å²) in [6.07, 6.45) is 1.26. The normalized spacial score (nSPS) is 17.9. The fourth-order valence-electron chi connectivity index (χ4n) is 2.54. The van der Waals surface area contributed by atoms with E-state index in [9.17, 15) is 0 Å². The van der Waals surface area contributed by atoms with Gasteiger partial charge in [0.2, 0.25) is 0 Å². The fraction of sp³-hybridized carbons (Fsp3) is 0.652. The molecule has 6 nitrogen and oxygen atoms in total. The van der Waals surface area contributed by atoms with Crippen molar-refractivity contribution < 1.29 is 29.5 Å². The van der Waals surface area contributed by atoms with Crippen molar-refractivity contribution in [2.75, 3.05) is 7.11 Å². The van der Waals surface area contributed by atoms with Crippen molar-refractivity contribution in [1.82, 2.24) is 0 Å². The maximum absolute atomic E-state index is 8.69. The van der Waals surface area contributed by atoms with E-state index >= 15 is 0 Å². The first-order valence-electron chi connectivity index (χ1n) is 9.22. The van der Waals surface area contributed by atoms with Crippen LogP contribution in [0.5, 0.6) is 17.2 Å². The zero-order chi connectivity index (χ0) is 21.1. The molecule has 0 aliphatic carbocycles. The van der Waals surface area contributed by atoms with E-state index in [1.165, 1.54) is 0 Å². The quantitative estimate of drug-likeness (QED) is 0.480. The Morgan fingerprint density at radius 3 is 1.71 bits per heavy atom. The van der Waals surface area contributed by atoms with Crippen molar-refractivity contribution in [2.45, 2.75) is 93.8 Å². The maximum atomic E-state index is 8.69. The summed E-state index contributed by atoms with van der Waals surface area (Å²) in [6.45, 7) is 7.60. The number of methoxy groups -OCH3 is 1. The van der Waals surface area contributed by atoms with Gasteiger partial charge in [-0.2, -0.15) is 0 Å². The minimum absolute atomic E-state index is 0. The van der Waals surface area contributed by atoms with Crippen molar-refractivity contribution in [3.05, 3.63) is 25.3 Å². The Balaban J connectivity index is -0.000000376. The van der Waals surface area contributed by atoms with Crippen molar-refractivity contribution in [3.63, 3.8) is 0 Å². The molecule has 0 bridgehead atoms. The third kappa shape index (κ3) is 14.1. The zero-order valence-electron chi connectivity index (χ0n) is 17.1. The molecule has 0 amide bonds. The first-order chi connectivity index (χ1) is 13.3. The average molecular weight is 575 g/mol. The summed E-state index contributed by atoms with van der Waals surface area (Å²) in [7, 11) is 1.62. The van der Waals surface area contributed by atoms with Crippen LogP contribution in [0, 0.1) is 0 Å². The van der Waals surface area contributed by atoms with E-state index < -0.39 is 0 Å². The van der Waals surface area contributed by atoms with Crippen molar-refractivity contribution >= 4 is 29.0 Å². The molecule has 0 fully saturated rings. The molecule has 31 heavy (non-hydrogen) atoms. The summed E-state index contributed by atoms with van der Waals surface area (Å²) < 4.78 is 16.3. The van der Waals surface area contributed by atoms with Crippen molar-refractivity contribution in [2.24, 2.45) is 0 Å². The van der Waals surface area contributed by atoms with Gasteiger partial charge < -0.3 is 10.2 Å². The first-order valence-corrected chi connectivity index (χ1v) is 13.2. The number of hydrogen-bond acceptors (Lipinski definition) is 6. The van der Waals surface area contributed by atoms with Gasteiger partial charge in [0.1, 0.15) is 0 Å². The Hall–Kier alpha value is -0.721. The summed E-state index contributed by atoms with van der Waals surface area (Å²) in [5, 5.41) is 25.8. The third-order valence-electron chi connectivity index (χ3n) is 3.69. The van der Waals surface area contributed by atoms with Crippen molar-refractivity contribution in [3.8, 4) is 17.2 Å². The second-order valence-electron chi connectivity index (χ2n) is 6.75. The van der Waals surface area contributed by atoms with Crippen LogP contribution in [0.15, 0.2) is 19.8 Å². The van der Waals surface area contributed by atoms with Gasteiger partial charge in [-0.1, -0.05) is 22.3 Å². The van der Waals surface area contributed by atoms with E-state index in [0.717, 1.165) is 29.2 Å². The molecule has 3 N–H and O–H groups in total. The van der Waals surface area contributed by atoms with Crippen LogP contribution in [0.4, 0.5) is 0 Å². The van der Waals surface area contributed by atoms with Gasteiger partial charge in [0.05, 0.1) is 12.2 Å². The Bertz CT molecular complexity index is 605. The van der Waals surface area contributed by atoms with Crippen LogP contribution in [0.1, 0.15) is 68.4 Å². The number of aliphatic hydroxyl groups is 3. The van der Waals surface area contributed by atoms with Crippen molar-refractivity contribution in [1.29, 1.82) is 0 Å². The molecule has 8 heteroatoms. The molecule has 0 radical (unpaired) electrons. The molecule has 3 heterocycles. The molecule has 1 aliphatic heterocycles. The van der Waals surface area contributed by atoms with Gasteiger partial charge in [-0.3, -0.25) is 0 Å². The summed E-state index contributed by atoms with van der Waals surface area (Å²) >= 11 is 0.852. The zero-order valence-corrected chi connectivity index (χ0v) is 20.5. The topological polar surface area (TPSA) is 88.4 Å². The number of fused-ring (bicyclic) bond motifs is 1. The molecule has 0 saturated heterocycles. The number of rotatable bonds is 4. The Morgan fingerprint density at radius 1 is 0.935 bits per heavy atom. The molecular weight excluding hydrogens is 530 g/mol.